The molecule has 1 nitrogen and oxygen atoms in total. The Labute approximate surface area is 87.1 Å². The van der Waals surface area contributed by atoms with Crippen LogP contribution in [-0.2, 0) is 0 Å². The molecule has 0 radical (unpaired) electrons. The van der Waals surface area contributed by atoms with Crippen LogP contribution >= 0.6 is 0 Å². The van der Waals surface area contributed by atoms with Gasteiger partial charge in [-0.1, -0.05) is 23.3 Å². The summed E-state index contributed by atoms with van der Waals surface area (Å²) in [5.74, 6) is 1.74. The Bertz CT molecular complexity index is 288. The van der Waals surface area contributed by atoms with Gasteiger partial charge < -0.3 is 5.73 Å². The lowest BCUT2D eigenvalue weighted by Gasteiger charge is -2.29. The molecule has 0 aromatic rings. The number of hydrogen-bond acceptors (Lipinski definition) is 1. The largest absolute Gasteiger partial charge is 0.324 e. The van der Waals surface area contributed by atoms with Gasteiger partial charge in [0.25, 0.3) is 0 Å². The number of allylic oxidation sites excluding steroid dienone is 1. The van der Waals surface area contributed by atoms with Crippen molar-refractivity contribution in [3.63, 3.8) is 0 Å². The topological polar surface area (TPSA) is 26.0 Å². The Morgan fingerprint density at radius 1 is 1.57 bits per heavy atom. The van der Waals surface area contributed by atoms with Crippen LogP contribution in [0, 0.1) is 11.8 Å². The molecule has 0 saturated heterocycles. The molecule has 2 aliphatic rings. The highest BCUT2D eigenvalue weighted by Gasteiger charge is 2.37. The Hall–Kier alpha value is -0.560. The summed E-state index contributed by atoms with van der Waals surface area (Å²) < 4.78 is 0. The quantitative estimate of drug-likeness (QED) is 0.679. The number of rotatable bonds is 4. The van der Waals surface area contributed by atoms with Gasteiger partial charge in [0.2, 0.25) is 0 Å². The molecule has 0 aliphatic heterocycles. The molecule has 3 unspecified atom stereocenters. The summed E-state index contributed by atoms with van der Waals surface area (Å²) in [6.07, 6.45) is 5.07. The van der Waals surface area contributed by atoms with Gasteiger partial charge in [-0.2, -0.15) is 0 Å². The molecule has 0 aromatic carbocycles. The molecule has 78 valence electrons. The standard InChI is InChI=1S/C13H21N/c1-8(2)12-7-10(12)4-5-11-9(3)6-13(11)14/h10,12-13H,1,4-7,14H2,2-3H3. The normalized spacial score (nSPS) is 35.5. The van der Waals surface area contributed by atoms with Crippen LogP contribution in [0.3, 0.4) is 0 Å². The third-order valence-electron chi connectivity index (χ3n) is 3.86. The summed E-state index contributed by atoms with van der Waals surface area (Å²) in [5, 5.41) is 0. The fraction of sp³-hybridized carbons (Fsp3) is 0.692. The molecular weight excluding hydrogens is 170 g/mol. The van der Waals surface area contributed by atoms with E-state index in [0.29, 0.717) is 6.04 Å². The molecule has 1 heteroatoms. The maximum Gasteiger partial charge on any atom is 0.0293 e. The van der Waals surface area contributed by atoms with E-state index < -0.39 is 0 Å². The van der Waals surface area contributed by atoms with Crippen molar-refractivity contribution < 1.29 is 0 Å². The van der Waals surface area contributed by atoms with Crippen molar-refractivity contribution in [1.82, 2.24) is 0 Å². The summed E-state index contributed by atoms with van der Waals surface area (Å²) in [5.41, 5.74) is 10.4. The average Bonchev–Trinajstić information content (AvgIpc) is 2.84. The van der Waals surface area contributed by atoms with E-state index in [2.05, 4.69) is 20.4 Å². The Kier molecular flexibility index (Phi) is 2.52. The van der Waals surface area contributed by atoms with E-state index >= 15 is 0 Å². The van der Waals surface area contributed by atoms with Crippen LogP contribution in [0.5, 0.6) is 0 Å². The molecular formula is C13H21N. The first kappa shape index (κ1) is 9.97. The van der Waals surface area contributed by atoms with Gasteiger partial charge in [-0.25, -0.2) is 0 Å². The molecule has 1 fully saturated rings. The van der Waals surface area contributed by atoms with Crippen molar-refractivity contribution in [2.75, 3.05) is 0 Å². The van der Waals surface area contributed by atoms with Gasteiger partial charge in [-0.15, -0.1) is 0 Å². The van der Waals surface area contributed by atoms with Crippen LogP contribution in [0.25, 0.3) is 0 Å². The van der Waals surface area contributed by atoms with Gasteiger partial charge in [-0.05, 0) is 51.4 Å². The van der Waals surface area contributed by atoms with Crippen molar-refractivity contribution in [1.29, 1.82) is 0 Å². The van der Waals surface area contributed by atoms with Gasteiger partial charge in [0, 0.05) is 6.04 Å². The van der Waals surface area contributed by atoms with Gasteiger partial charge in [0.15, 0.2) is 0 Å². The lowest BCUT2D eigenvalue weighted by Crippen LogP contribution is -2.32. The molecule has 0 bridgehead atoms. The van der Waals surface area contributed by atoms with E-state index in [4.69, 9.17) is 5.73 Å². The van der Waals surface area contributed by atoms with Crippen LogP contribution < -0.4 is 5.73 Å². The van der Waals surface area contributed by atoms with Gasteiger partial charge in [0.05, 0.1) is 0 Å². The second-order valence-electron chi connectivity index (χ2n) is 5.10. The van der Waals surface area contributed by atoms with Crippen molar-refractivity contribution in [2.24, 2.45) is 17.6 Å². The summed E-state index contributed by atoms with van der Waals surface area (Å²) in [6, 6.07) is 0.386. The smallest absolute Gasteiger partial charge is 0.0293 e. The summed E-state index contributed by atoms with van der Waals surface area (Å²) in [6.45, 7) is 8.40. The molecule has 2 rings (SSSR count). The minimum absolute atomic E-state index is 0.386. The number of hydrogen-bond donors (Lipinski definition) is 1. The predicted octanol–water partition coefficient (Wildman–Crippen LogP) is 3.03. The highest BCUT2D eigenvalue weighted by Crippen LogP contribution is 2.47. The zero-order valence-corrected chi connectivity index (χ0v) is 9.34. The molecule has 0 heterocycles. The van der Waals surface area contributed by atoms with Crippen molar-refractivity contribution in [3.05, 3.63) is 23.3 Å². The minimum atomic E-state index is 0.386. The Morgan fingerprint density at radius 2 is 2.29 bits per heavy atom. The summed E-state index contributed by atoms with van der Waals surface area (Å²) in [7, 11) is 0. The van der Waals surface area contributed by atoms with Crippen LogP contribution in [0.2, 0.25) is 0 Å². The third kappa shape index (κ3) is 1.78. The molecule has 1 saturated carbocycles. The predicted molar refractivity (Wildman–Crippen MR) is 60.9 cm³/mol. The highest BCUT2D eigenvalue weighted by molar-refractivity contribution is 5.30. The highest BCUT2D eigenvalue weighted by atomic mass is 14.7. The van der Waals surface area contributed by atoms with Gasteiger partial charge >= 0.3 is 0 Å². The maximum absolute atomic E-state index is 5.94. The summed E-state index contributed by atoms with van der Waals surface area (Å²) >= 11 is 0. The molecule has 2 aliphatic carbocycles. The van der Waals surface area contributed by atoms with E-state index in [-0.39, 0.29) is 0 Å². The van der Waals surface area contributed by atoms with Crippen molar-refractivity contribution in [3.8, 4) is 0 Å². The first-order valence-corrected chi connectivity index (χ1v) is 5.69. The van der Waals surface area contributed by atoms with E-state index in [1.165, 1.54) is 30.4 Å². The zero-order valence-electron chi connectivity index (χ0n) is 9.34. The second-order valence-corrected chi connectivity index (χ2v) is 5.10. The zero-order chi connectivity index (χ0) is 10.3. The molecule has 0 amide bonds. The molecule has 3 atom stereocenters. The summed E-state index contributed by atoms with van der Waals surface area (Å²) in [4.78, 5) is 0. The lowest BCUT2D eigenvalue weighted by atomic mass is 9.81. The Balaban J connectivity index is 1.75. The molecule has 14 heavy (non-hydrogen) atoms. The van der Waals surface area contributed by atoms with Gasteiger partial charge in [-0.3, -0.25) is 0 Å². The van der Waals surface area contributed by atoms with Crippen LogP contribution in [0.1, 0.15) is 39.5 Å². The maximum atomic E-state index is 5.94. The monoisotopic (exact) mass is 191 g/mol. The SMILES string of the molecule is C=C(C)C1CC1CCC1=C(C)CC1N. The van der Waals surface area contributed by atoms with E-state index in [1.807, 2.05) is 0 Å². The fourth-order valence-corrected chi connectivity index (χ4v) is 2.68. The molecule has 0 spiro atoms. The Morgan fingerprint density at radius 3 is 2.71 bits per heavy atom. The second kappa shape index (κ2) is 3.54. The first-order chi connectivity index (χ1) is 6.59. The van der Waals surface area contributed by atoms with Crippen LogP contribution in [0.15, 0.2) is 23.3 Å². The van der Waals surface area contributed by atoms with Crippen molar-refractivity contribution >= 4 is 0 Å². The first-order valence-electron chi connectivity index (χ1n) is 5.69. The molecule has 0 aromatic heterocycles. The minimum Gasteiger partial charge on any atom is -0.324 e. The van der Waals surface area contributed by atoms with Crippen LogP contribution in [0.4, 0.5) is 0 Å². The third-order valence-corrected chi connectivity index (χ3v) is 3.86. The molecule has 2 N–H and O–H groups in total. The lowest BCUT2D eigenvalue weighted by molar-refractivity contribution is 0.579. The number of nitrogens with two attached hydrogens (primary N) is 1. The van der Waals surface area contributed by atoms with E-state index in [1.54, 1.807) is 5.57 Å². The van der Waals surface area contributed by atoms with Crippen LogP contribution in [-0.4, -0.2) is 6.04 Å². The van der Waals surface area contributed by atoms with Crippen molar-refractivity contribution in [2.45, 2.75) is 45.6 Å². The van der Waals surface area contributed by atoms with E-state index in [0.717, 1.165) is 18.3 Å². The van der Waals surface area contributed by atoms with Gasteiger partial charge in [0.1, 0.15) is 0 Å². The average molecular weight is 191 g/mol. The van der Waals surface area contributed by atoms with E-state index in [9.17, 15) is 0 Å². The fourth-order valence-electron chi connectivity index (χ4n) is 2.68.